The number of esters is 1. The molecule has 0 aliphatic carbocycles. The van der Waals surface area contributed by atoms with Gasteiger partial charge in [0.15, 0.2) is 0 Å². The molecule has 1 atom stereocenters. The summed E-state index contributed by atoms with van der Waals surface area (Å²) >= 11 is 0. The van der Waals surface area contributed by atoms with Crippen molar-refractivity contribution in [1.29, 1.82) is 0 Å². The van der Waals surface area contributed by atoms with E-state index in [2.05, 4.69) is 9.97 Å². The zero-order valence-corrected chi connectivity index (χ0v) is 21.2. The Morgan fingerprint density at radius 2 is 1.38 bits per heavy atom. The second-order valence-electron chi connectivity index (χ2n) is 9.04. The lowest BCUT2D eigenvalue weighted by molar-refractivity contribution is -0.147. The van der Waals surface area contributed by atoms with Crippen LogP contribution in [-0.2, 0) is 27.5 Å². The average Bonchev–Trinajstić information content (AvgIpc) is 3.00. The van der Waals surface area contributed by atoms with Crippen molar-refractivity contribution in [1.82, 2.24) is 14.9 Å². The molecule has 3 aromatic carbocycles. The average molecular weight is 527 g/mol. The number of carbonyl (C=O) groups excluding carboxylic acids is 2. The van der Waals surface area contributed by atoms with E-state index < -0.39 is 18.1 Å². The minimum absolute atomic E-state index is 0.0413. The number of benzene rings is 3. The van der Waals surface area contributed by atoms with E-state index in [0.29, 0.717) is 17.7 Å². The predicted molar refractivity (Wildman–Crippen MR) is 143 cm³/mol. The summed E-state index contributed by atoms with van der Waals surface area (Å²) in [6.45, 7) is 0.845. The molecule has 1 aliphatic rings. The monoisotopic (exact) mass is 526 g/mol. The molecule has 1 aliphatic heterocycles. The molecule has 198 valence electrons. The second-order valence-corrected chi connectivity index (χ2v) is 9.04. The highest BCUT2D eigenvalue weighted by atomic mass is 19.1. The number of hydrogen-bond donors (Lipinski definition) is 0. The maximum atomic E-state index is 14.2. The second kappa shape index (κ2) is 12.2. The molecule has 39 heavy (non-hydrogen) atoms. The first-order valence-corrected chi connectivity index (χ1v) is 12.6. The van der Waals surface area contributed by atoms with Crippen LogP contribution in [0.1, 0.15) is 11.1 Å². The maximum absolute atomic E-state index is 14.2. The molecular weight excluding hydrogens is 499 g/mol. The molecule has 1 aromatic heterocycles. The van der Waals surface area contributed by atoms with Crippen LogP contribution in [-0.4, -0.2) is 52.6 Å². The van der Waals surface area contributed by atoms with Gasteiger partial charge in [-0.25, -0.2) is 23.9 Å². The summed E-state index contributed by atoms with van der Waals surface area (Å²) in [5.74, 6) is -0.603. The Labute approximate surface area is 225 Å². The molecule has 9 heteroatoms. The van der Waals surface area contributed by atoms with Crippen molar-refractivity contribution in [3.8, 4) is 11.1 Å². The first-order chi connectivity index (χ1) is 19.1. The zero-order valence-electron chi connectivity index (χ0n) is 21.2. The summed E-state index contributed by atoms with van der Waals surface area (Å²) in [6.07, 6.45) is 2.52. The fourth-order valence-corrected chi connectivity index (χ4v) is 4.33. The first kappa shape index (κ1) is 25.8. The lowest BCUT2D eigenvalue weighted by Gasteiger charge is -2.39. The summed E-state index contributed by atoms with van der Waals surface area (Å²) in [6, 6.07) is 24.2. The van der Waals surface area contributed by atoms with Crippen LogP contribution < -0.4 is 4.90 Å². The van der Waals surface area contributed by atoms with E-state index in [9.17, 15) is 14.0 Å². The predicted octanol–water partition coefficient (Wildman–Crippen LogP) is 4.85. The Bertz CT molecular complexity index is 1400. The van der Waals surface area contributed by atoms with E-state index in [-0.39, 0.29) is 38.1 Å². The van der Waals surface area contributed by atoms with Crippen LogP contribution in [0.5, 0.6) is 0 Å². The van der Waals surface area contributed by atoms with E-state index in [4.69, 9.17) is 9.47 Å². The van der Waals surface area contributed by atoms with Crippen LogP contribution >= 0.6 is 0 Å². The van der Waals surface area contributed by atoms with Crippen molar-refractivity contribution < 1.29 is 23.5 Å². The number of piperazine rings is 1. The quantitative estimate of drug-likeness (QED) is 0.318. The number of halogens is 1. The van der Waals surface area contributed by atoms with E-state index in [0.717, 1.165) is 11.1 Å². The molecule has 1 saturated heterocycles. The van der Waals surface area contributed by atoms with E-state index >= 15 is 0 Å². The van der Waals surface area contributed by atoms with Crippen molar-refractivity contribution in [3.05, 3.63) is 114 Å². The minimum Gasteiger partial charge on any atom is -0.459 e. The standard InChI is InChI=1S/C30H27FN4O4/c31-26-14-8-7-13-25(26)24-17-32-29(33-18-24)35-16-15-34(30(37)39-21-23-11-5-2-6-12-23)19-27(35)28(36)38-20-22-9-3-1-4-10-22/h1-14,17-18,27H,15-16,19-21H2. The van der Waals surface area contributed by atoms with Crippen molar-refractivity contribution in [3.63, 3.8) is 0 Å². The van der Waals surface area contributed by atoms with Gasteiger partial charge in [-0.05, 0) is 17.2 Å². The molecule has 1 amide bonds. The first-order valence-electron chi connectivity index (χ1n) is 12.6. The van der Waals surface area contributed by atoms with Crippen molar-refractivity contribution in [2.75, 3.05) is 24.5 Å². The van der Waals surface area contributed by atoms with Crippen LogP contribution in [0, 0.1) is 5.82 Å². The summed E-state index contributed by atoms with van der Waals surface area (Å²) in [7, 11) is 0. The Kier molecular flexibility index (Phi) is 8.06. The molecule has 2 heterocycles. The summed E-state index contributed by atoms with van der Waals surface area (Å²) in [5, 5.41) is 0. The summed E-state index contributed by atoms with van der Waals surface area (Å²) in [4.78, 5) is 38.2. The molecule has 0 N–H and O–H groups in total. The smallest absolute Gasteiger partial charge is 0.410 e. The zero-order chi connectivity index (χ0) is 27.0. The van der Waals surface area contributed by atoms with Gasteiger partial charge >= 0.3 is 12.1 Å². The molecule has 0 radical (unpaired) electrons. The van der Waals surface area contributed by atoms with Gasteiger partial charge in [0.1, 0.15) is 25.1 Å². The van der Waals surface area contributed by atoms with Crippen molar-refractivity contribution in [2.45, 2.75) is 19.3 Å². The van der Waals surface area contributed by atoms with Gasteiger partial charge in [0, 0.05) is 36.6 Å². The molecule has 8 nitrogen and oxygen atoms in total. The van der Waals surface area contributed by atoms with Gasteiger partial charge in [0.05, 0.1) is 6.54 Å². The van der Waals surface area contributed by atoms with Crippen LogP contribution in [0.2, 0.25) is 0 Å². The number of rotatable bonds is 7. The van der Waals surface area contributed by atoms with Crippen LogP contribution in [0.15, 0.2) is 97.3 Å². The molecule has 1 fully saturated rings. The molecule has 4 aromatic rings. The Morgan fingerprint density at radius 3 is 2.03 bits per heavy atom. The third-order valence-corrected chi connectivity index (χ3v) is 6.42. The third kappa shape index (κ3) is 6.38. The fourth-order valence-electron chi connectivity index (χ4n) is 4.33. The van der Waals surface area contributed by atoms with Crippen LogP contribution in [0.4, 0.5) is 15.1 Å². The van der Waals surface area contributed by atoms with Crippen LogP contribution in [0.3, 0.4) is 0 Å². The molecule has 5 rings (SSSR count). The van der Waals surface area contributed by atoms with Crippen molar-refractivity contribution >= 4 is 18.0 Å². The van der Waals surface area contributed by atoms with E-state index in [1.54, 1.807) is 23.1 Å². The molecule has 0 saturated carbocycles. The number of hydrogen-bond acceptors (Lipinski definition) is 7. The Balaban J connectivity index is 1.32. The number of aromatic nitrogens is 2. The molecule has 0 spiro atoms. The number of ether oxygens (including phenoxy) is 2. The molecular formula is C30H27FN4O4. The minimum atomic E-state index is -0.856. The van der Waals surface area contributed by atoms with Gasteiger partial charge < -0.3 is 19.3 Å². The summed E-state index contributed by atoms with van der Waals surface area (Å²) < 4.78 is 25.3. The Morgan fingerprint density at radius 1 is 0.795 bits per heavy atom. The lowest BCUT2D eigenvalue weighted by atomic mass is 10.1. The van der Waals surface area contributed by atoms with Crippen LogP contribution in [0.25, 0.3) is 11.1 Å². The van der Waals surface area contributed by atoms with E-state index in [1.807, 2.05) is 60.7 Å². The number of amides is 1. The Hall–Kier alpha value is -4.79. The van der Waals surface area contributed by atoms with Gasteiger partial charge in [0.2, 0.25) is 5.95 Å². The summed E-state index contributed by atoms with van der Waals surface area (Å²) in [5.41, 5.74) is 2.61. The highest BCUT2D eigenvalue weighted by Gasteiger charge is 2.37. The van der Waals surface area contributed by atoms with Crippen molar-refractivity contribution in [2.24, 2.45) is 0 Å². The molecule has 0 bridgehead atoms. The largest absolute Gasteiger partial charge is 0.459 e. The number of anilines is 1. The molecule has 1 unspecified atom stereocenters. The number of carbonyl (C=O) groups is 2. The highest BCUT2D eigenvalue weighted by molar-refractivity contribution is 5.81. The third-order valence-electron chi connectivity index (χ3n) is 6.42. The normalized spacial score (nSPS) is 15.1. The SMILES string of the molecule is O=C(OCc1ccccc1)C1CN(C(=O)OCc2ccccc2)CCN1c1ncc(-c2ccccc2F)cn1. The van der Waals surface area contributed by atoms with Gasteiger partial charge in [-0.15, -0.1) is 0 Å². The number of nitrogens with zero attached hydrogens (tertiary/aromatic N) is 4. The van der Waals surface area contributed by atoms with Gasteiger partial charge in [-0.3, -0.25) is 0 Å². The topological polar surface area (TPSA) is 84.9 Å². The lowest BCUT2D eigenvalue weighted by Crippen LogP contribution is -2.58. The van der Waals surface area contributed by atoms with E-state index in [1.165, 1.54) is 23.4 Å². The fraction of sp³-hybridized carbons (Fsp3) is 0.200. The maximum Gasteiger partial charge on any atom is 0.410 e. The van der Waals surface area contributed by atoms with Gasteiger partial charge in [-0.2, -0.15) is 0 Å². The highest BCUT2D eigenvalue weighted by Crippen LogP contribution is 2.24. The van der Waals surface area contributed by atoms with Gasteiger partial charge in [-0.1, -0.05) is 78.9 Å². The van der Waals surface area contributed by atoms with Gasteiger partial charge in [0.25, 0.3) is 0 Å².